The Hall–Kier alpha value is -1.22. The molecule has 2 atom stereocenters. The molecular weight excluding hydrogens is 246 g/mol. The van der Waals surface area contributed by atoms with Crippen molar-refractivity contribution in [1.29, 1.82) is 0 Å². The first-order valence-corrected chi connectivity index (χ1v) is 6.73. The lowest BCUT2D eigenvalue weighted by Crippen LogP contribution is -2.42. The fourth-order valence-corrected chi connectivity index (χ4v) is 2.28. The van der Waals surface area contributed by atoms with E-state index in [2.05, 4.69) is 35.5 Å². The number of halogens is 1. The summed E-state index contributed by atoms with van der Waals surface area (Å²) in [5.41, 5.74) is 1.31. The maximum Gasteiger partial charge on any atom is 0.191 e. The summed E-state index contributed by atoms with van der Waals surface area (Å²) >= 11 is 6.01. The van der Waals surface area contributed by atoms with Crippen molar-refractivity contribution >= 4 is 17.6 Å². The summed E-state index contributed by atoms with van der Waals surface area (Å²) in [6, 6.07) is 8.96. The normalized spacial score (nSPS) is 23.1. The molecule has 2 N–H and O–H groups in total. The molecule has 0 aromatic heterocycles. The predicted molar refractivity (Wildman–Crippen MR) is 77.4 cm³/mol. The third-order valence-electron chi connectivity index (χ3n) is 3.04. The molecule has 0 heterocycles. The highest BCUT2D eigenvalue weighted by molar-refractivity contribution is 6.30. The van der Waals surface area contributed by atoms with Crippen LogP contribution in [0.5, 0.6) is 0 Å². The van der Waals surface area contributed by atoms with Gasteiger partial charge in [0.15, 0.2) is 5.96 Å². The maximum atomic E-state index is 6.01. The molecule has 2 rings (SSSR count). The van der Waals surface area contributed by atoms with Crippen LogP contribution < -0.4 is 10.6 Å². The van der Waals surface area contributed by atoms with Gasteiger partial charge in [0.2, 0.25) is 0 Å². The molecule has 1 aromatic carbocycles. The van der Waals surface area contributed by atoms with Gasteiger partial charge in [-0.1, -0.05) is 23.7 Å². The van der Waals surface area contributed by atoms with E-state index < -0.39 is 0 Å². The summed E-state index contributed by atoms with van der Waals surface area (Å²) in [5.74, 6) is 1.42. The SMILES string of the molecule is CN=C(NC(C)C)NC1CC1c1cccc(Cl)c1. The Morgan fingerprint density at radius 1 is 1.44 bits per heavy atom. The van der Waals surface area contributed by atoms with Crippen LogP contribution in [0.15, 0.2) is 29.3 Å². The van der Waals surface area contributed by atoms with E-state index in [0.717, 1.165) is 17.4 Å². The Morgan fingerprint density at radius 2 is 2.22 bits per heavy atom. The van der Waals surface area contributed by atoms with Gasteiger partial charge < -0.3 is 10.6 Å². The number of guanidine groups is 1. The van der Waals surface area contributed by atoms with Crippen LogP contribution in [0.2, 0.25) is 5.02 Å². The lowest BCUT2D eigenvalue weighted by Gasteiger charge is -2.14. The molecule has 1 saturated carbocycles. The van der Waals surface area contributed by atoms with Crippen molar-refractivity contribution in [3.63, 3.8) is 0 Å². The van der Waals surface area contributed by atoms with Crippen LogP contribution in [0, 0.1) is 0 Å². The van der Waals surface area contributed by atoms with E-state index in [0.29, 0.717) is 18.0 Å². The number of benzene rings is 1. The quantitative estimate of drug-likeness (QED) is 0.651. The smallest absolute Gasteiger partial charge is 0.191 e. The first kappa shape index (κ1) is 13.2. The molecule has 0 amide bonds. The minimum absolute atomic E-state index is 0.388. The summed E-state index contributed by atoms with van der Waals surface area (Å²) in [6.07, 6.45) is 1.14. The summed E-state index contributed by atoms with van der Waals surface area (Å²) in [5, 5.41) is 7.54. The summed E-state index contributed by atoms with van der Waals surface area (Å²) in [6.45, 7) is 4.21. The summed E-state index contributed by atoms with van der Waals surface area (Å²) in [4.78, 5) is 4.22. The van der Waals surface area contributed by atoms with Gasteiger partial charge in [-0.3, -0.25) is 4.99 Å². The third kappa shape index (κ3) is 3.39. The molecule has 1 aliphatic carbocycles. The number of rotatable bonds is 3. The highest BCUT2D eigenvalue weighted by Gasteiger charge is 2.39. The second-order valence-electron chi connectivity index (χ2n) is 5.02. The predicted octanol–water partition coefficient (Wildman–Crippen LogP) is 2.77. The second-order valence-corrected chi connectivity index (χ2v) is 5.46. The van der Waals surface area contributed by atoms with E-state index >= 15 is 0 Å². The van der Waals surface area contributed by atoms with Gasteiger partial charge in [-0.05, 0) is 38.0 Å². The largest absolute Gasteiger partial charge is 0.354 e. The Balaban J connectivity index is 1.91. The van der Waals surface area contributed by atoms with Crippen molar-refractivity contribution in [3.05, 3.63) is 34.9 Å². The van der Waals surface area contributed by atoms with Crippen LogP contribution in [0.1, 0.15) is 31.7 Å². The first-order valence-electron chi connectivity index (χ1n) is 6.35. The van der Waals surface area contributed by atoms with Gasteiger partial charge in [0, 0.05) is 30.1 Å². The number of nitrogens with one attached hydrogen (secondary N) is 2. The van der Waals surface area contributed by atoms with Crippen LogP contribution >= 0.6 is 11.6 Å². The molecule has 1 fully saturated rings. The first-order chi connectivity index (χ1) is 8.60. The zero-order valence-electron chi connectivity index (χ0n) is 11.1. The van der Waals surface area contributed by atoms with Gasteiger partial charge in [0.25, 0.3) is 0 Å². The van der Waals surface area contributed by atoms with Crippen molar-refractivity contribution < 1.29 is 0 Å². The van der Waals surface area contributed by atoms with Crippen molar-refractivity contribution in [3.8, 4) is 0 Å². The van der Waals surface area contributed by atoms with E-state index in [1.165, 1.54) is 5.56 Å². The fraction of sp³-hybridized carbons (Fsp3) is 0.500. The lowest BCUT2D eigenvalue weighted by atomic mass is 10.1. The van der Waals surface area contributed by atoms with Gasteiger partial charge >= 0.3 is 0 Å². The number of nitrogens with zero attached hydrogens (tertiary/aromatic N) is 1. The molecule has 3 nitrogen and oxygen atoms in total. The van der Waals surface area contributed by atoms with Crippen LogP contribution in [0.4, 0.5) is 0 Å². The molecule has 0 radical (unpaired) electrons. The van der Waals surface area contributed by atoms with Gasteiger partial charge in [-0.15, -0.1) is 0 Å². The number of aliphatic imine (C=N–C) groups is 1. The molecule has 0 saturated heterocycles. The molecule has 18 heavy (non-hydrogen) atoms. The maximum absolute atomic E-state index is 6.01. The van der Waals surface area contributed by atoms with E-state index in [-0.39, 0.29) is 0 Å². The Labute approximate surface area is 114 Å². The molecule has 1 aromatic rings. The van der Waals surface area contributed by atoms with E-state index in [1.54, 1.807) is 7.05 Å². The lowest BCUT2D eigenvalue weighted by molar-refractivity contribution is 0.695. The Bertz CT molecular complexity index is 442. The van der Waals surface area contributed by atoms with Gasteiger partial charge in [0.1, 0.15) is 0 Å². The molecular formula is C14H20ClN3. The second kappa shape index (κ2) is 5.61. The average molecular weight is 266 g/mol. The Kier molecular flexibility index (Phi) is 4.12. The van der Waals surface area contributed by atoms with Crippen molar-refractivity contribution in [2.45, 2.75) is 38.3 Å². The monoisotopic (exact) mass is 265 g/mol. The van der Waals surface area contributed by atoms with E-state index in [9.17, 15) is 0 Å². The third-order valence-corrected chi connectivity index (χ3v) is 3.27. The Morgan fingerprint density at radius 3 is 2.83 bits per heavy atom. The van der Waals surface area contributed by atoms with Crippen LogP contribution in [0.3, 0.4) is 0 Å². The van der Waals surface area contributed by atoms with Crippen molar-refractivity contribution in [2.24, 2.45) is 4.99 Å². The van der Waals surface area contributed by atoms with E-state index in [4.69, 9.17) is 11.6 Å². The molecule has 0 aliphatic heterocycles. The standard InChI is InChI=1S/C14H20ClN3/c1-9(2)17-14(16-3)18-13-8-12(13)10-5-4-6-11(15)7-10/h4-7,9,12-13H,8H2,1-3H3,(H2,16,17,18). The average Bonchev–Trinajstić information content (AvgIpc) is 3.07. The summed E-state index contributed by atoms with van der Waals surface area (Å²) in [7, 11) is 1.80. The molecule has 0 bridgehead atoms. The topological polar surface area (TPSA) is 36.4 Å². The van der Waals surface area contributed by atoms with Crippen LogP contribution in [-0.2, 0) is 0 Å². The minimum Gasteiger partial charge on any atom is -0.354 e. The summed E-state index contributed by atoms with van der Waals surface area (Å²) < 4.78 is 0. The van der Waals surface area contributed by atoms with Crippen LogP contribution in [0.25, 0.3) is 0 Å². The molecule has 0 spiro atoms. The van der Waals surface area contributed by atoms with Crippen LogP contribution in [-0.4, -0.2) is 25.1 Å². The zero-order chi connectivity index (χ0) is 13.1. The zero-order valence-corrected chi connectivity index (χ0v) is 11.8. The van der Waals surface area contributed by atoms with Gasteiger partial charge in [-0.2, -0.15) is 0 Å². The molecule has 1 aliphatic rings. The minimum atomic E-state index is 0.388. The highest BCUT2D eigenvalue weighted by atomic mass is 35.5. The fourth-order valence-electron chi connectivity index (χ4n) is 2.08. The molecule has 98 valence electrons. The molecule has 2 unspecified atom stereocenters. The molecule has 4 heteroatoms. The van der Waals surface area contributed by atoms with Gasteiger partial charge in [-0.25, -0.2) is 0 Å². The highest BCUT2D eigenvalue weighted by Crippen LogP contribution is 2.41. The number of hydrogen-bond donors (Lipinski definition) is 2. The number of hydrogen-bond acceptors (Lipinski definition) is 1. The van der Waals surface area contributed by atoms with Gasteiger partial charge in [0.05, 0.1) is 0 Å². The van der Waals surface area contributed by atoms with Crippen molar-refractivity contribution in [1.82, 2.24) is 10.6 Å². The van der Waals surface area contributed by atoms with E-state index in [1.807, 2.05) is 18.2 Å². The van der Waals surface area contributed by atoms with Crippen molar-refractivity contribution in [2.75, 3.05) is 7.05 Å².